The van der Waals surface area contributed by atoms with Gasteiger partial charge in [-0.2, -0.15) is 0 Å². The first kappa shape index (κ1) is 15.4. The number of benzene rings is 1. The van der Waals surface area contributed by atoms with Crippen molar-refractivity contribution in [2.75, 3.05) is 13.1 Å². The molecule has 1 saturated carbocycles. The summed E-state index contributed by atoms with van der Waals surface area (Å²) in [7, 11) is 0. The van der Waals surface area contributed by atoms with Crippen LogP contribution in [0.25, 0.3) is 0 Å². The molecule has 2 unspecified atom stereocenters. The van der Waals surface area contributed by atoms with E-state index in [1.54, 1.807) is 0 Å². The molecule has 0 saturated heterocycles. The van der Waals surface area contributed by atoms with Crippen molar-refractivity contribution in [2.45, 2.75) is 44.9 Å². The minimum absolute atomic E-state index is 0.0216. The molecule has 0 spiro atoms. The smallest absolute Gasteiger partial charge is 0.194 e. The predicted octanol–water partition coefficient (Wildman–Crippen LogP) is 4.38. The molecule has 0 amide bonds. The highest BCUT2D eigenvalue weighted by molar-refractivity contribution is 5.25. The molecule has 0 radical (unpaired) electrons. The van der Waals surface area contributed by atoms with Gasteiger partial charge in [0.2, 0.25) is 0 Å². The zero-order chi connectivity index (χ0) is 14.5. The summed E-state index contributed by atoms with van der Waals surface area (Å²) in [4.78, 5) is 0. The van der Waals surface area contributed by atoms with Crippen LogP contribution in [0.3, 0.4) is 0 Å². The van der Waals surface area contributed by atoms with Gasteiger partial charge >= 0.3 is 0 Å². The van der Waals surface area contributed by atoms with Crippen molar-refractivity contribution in [2.24, 2.45) is 5.92 Å². The van der Waals surface area contributed by atoms with Crippen molar-refractivity contribution in [3.63, 3.8) is 0 Å². The van der Waals surface area contributed by atoms with Crippen LogP contribution in [0.4, 0.5) is 13.2 Å². The third-order valence-corrected chi connectivity index (χ3v) is 4.28. The Morgan fingerprint density at radius 2 is 1.80 bits per heavy atom. The quantitative estimate of drug-likeness (QED) is 0.639. The van der Waals surface area contributed by atoms with Crippen LogP contribution in [0.15, 0.2) is 12.1 Å². The molecule has 2 atom stereocenters. The van der Waals surface area contributed by atoms with Crippen molar-refractivity contribution in [3.8, 4) is 0 Å². The number of hydrogen-bond acceptors (Lipinski definition) is 1. The summed E-state index contributed by atoms with van der Waals surface area (Å²) in [5, 5.41) is 3.30. The first-order chi connectivity index (χ1) is 9.65. The molecular weight excluding hydrogens is 263 g/mol. The lowest BCUT2D eigenvalue weighted by Gasteiger charge is -2.26. The lowest BCUT2D eigenvalue weighted by Crippen LogP contribution is -2.27. The highest BCUT2D eigenvalue weighted by Crippen LogP contribution is 2.38. The second-order valence-corrected chi connectivity index (χ2v) is 5.58. The average molecular weight is 285 g/mol. The molecule has 20 heavy (non-hydrogen) atoms. The second kappa shape index (κ2) is 7.11. The van der Waals surface area contributed by atoms with Crippen molar-refractivity contribution in [3.05, 3.63) is 35.1 Å². The molecule has 0 bridgehead atoms. The Morgan fingerprint density at radius 1 is 1.05 bits per heavy atom. The fourth-order valence-corrected chi connectivity index (χ4v) is 3.20. The van der Waals surface area contributed by atoms with E-state index in [1.807, 2.05) is 6.92 Å². The highest BCUT2D eigenvalue weighted by atomic mass is 19.2. The summed E-state index contributed by atoms with van der Waals surface area (Å²) in [6, 6.07) is 2.46. The Labute approximate surface area is 118 Å². The molecule has 2 rings (SSSR count). The van der Waals surface area contributed by atoms with Gasteiger partial charge in [-0.25, -0.2) is 13.2 Å². The number of nitrogens with one attached hydrogen (secondary N) is 1. The Morgan fingerprint density at radius 3 is 2.55 bits per heavy atom. The Bertz CT molecular complexity index is 448. The molecule has 1 aromatic carbocycles. The van der Waals surface area contributed by atoms with Crippen LogP contribution in [0.1, 0.15) is 50.5 Å². The summed E-state index contributed by atoms with van der Waals surface area (Å²) in [5.74, 6) is -3.18. The van der Waals surface area contributed by atoms with Crippen molar-refractivity contribution in [1.29, 1.82) is 0 Å². The fourth-order valence-electron chi connectivity index (χ4n) is 3.20. The molecule has 1 aliphatic rings. The van der Waals surface area contributed by atoms with Crippen molar-refractivity contribution < 1.29 is 13.2 Å². The molecule has 1 N–H and O–H groups in total. The van der Waals surface area contributed by atoms with Gasteiger partial charge in [-0.1, -0.05) is 32.3 Å². The van der Waals surface area contributed by atoms with E-state index >= 15 is 0 Å². The monoisotopic (exact) mass is 285 g/mol. The lowest BCUT2D eigenvalue weighted by molar-refractivity contribution is 0.359. The maximum Gasteiger partial charge on any atom is 0.194 e. The largest absolute Gasteiger partial charge is 0.317 e. The Kier molecular flexibility index (Phi) is 5.46. The maximum absolute atomic E-state index is 14.0. The van der Waals surface area contributed by atoms with E-state index in [2.05, 4.69) is 5.32 Å². The normalized spacial score (nSPS) is 23.6. The predicted molar refractivity (Wildman–Crippen MR) is 74.2 cm³/mol. The fraction of sp³-hybridized carbons (Fsp3) is 0.625. The van der Waals surface area contributed by atoms with E-state index in [1.165, 1.54) is 6.07 Å². The van der Waals surface area contributed by atoms with Crippen molar-refractivity contribution in [1.82, 2.24) is 5.32 Å². The standard InChI is InChI=1S/C16H22F3N/c1-2-20-10-11-6-4-3-5-7-12(11)13-8-9-14(17)16(19)15(13)18/h8-9,11-12,20H,2-7,10H2,1H3. The number of rotatable bonds is 4. The van der Waals surface area contributed by atoms with Crippen LogP contribution >= 0.6 is 0 Å². The van der Waals surface area contributed by atoms with Gasteiger partial charge in [-0.15, -0.1) is 0 Å². The van der Waals surface area contributed by atoms with Crippen LogP contribution < -0.4 is 5.32 Å². The minimum atomic E-state index is -1.34. The second-order valence-electron chi connectivity index (χ2n) is 5.58. The summed E-state index contributed by atoms with van der Waals surface area (Å²) in [6.07, 6.45) is 5.13. The molecule has 112 valence electrons. The summed E-state index contributed by atoms with van der Waals surface area (Å²) in [5.41, 5.74) is 0.341. The Hall–Kier alpha value is -1.03. The molecule has 0 aromatic heterocycles. The maximum atomic E-state index is 14.0. The first-order valence-corrected chi connectivity index (χ1v) is 7.49. The molecule has 0 aliphatic heterocycles. The van der Waals surface area contributed by atoms with Gasteiger partial charge in [0.05, 0.1) is 0 Å². The van der Waals surface area contributed by atoms with Crippen LogP contribution in [-0.2, 0) is 0 Å². The van der Waals surface area contributed by atoms with E-state index < -0.39 is 17.5 Å². The summed E-state index contributed by atoms with van der Waals surface area (Å²) >= 11 is 0. The van der Waals surface area contributed by atoms with E-state index in [-0.39, 0.29) is 11.8 Å². The third kappa shape index (κ3) is 3.35. The molecule has 1 fully saturated rings. The van der Waals surface area contributed by atoms with Gasteiger partial charge in [0, 0.05) is 0 Å². The van der Waals surface area contributed by atoms with Crippen LogP contribution in [0.2, 0.25) is 0 Å². The molecule has 4 heteroatoms. The average Bonchev–Trinajstić information content (AvgIpc) is 2.68. The van der Waals surface area contributed by atoms with Crippen LogP contribution in [0.5, 0.6) is 0 Å². The highest BCUT2D eigenvalue weighted by Gasteiger charge is 2.28. The number of hydrogen-bond donors (Lipinski definition) is 1. The van der Waals surface area contributed by atoms with Gasteiger partial charge < -0.3 is 5.32 Å². The minimum Gasteiger partial charge on any atom is -0.317 e. The van der Waals surface area contributed by atoms with E-state index in [4.69, 9.17) is 0 Å². The first-order valence-electron chi connectivity index (χ1n) is 7.49. The summed E-state index contributed by atoms with van der Waals surface area (Å²) < 4.78 is 40.6. The topological polar surface area (TPSA) is 12.0 Å². The zero-order valence-corrected chi connectivity index (χ0v) is 11.9. The van der Waals surface area contributed by atoms with Crippen LogP contribution in [-0.4, -0.2) is 13.1 Å². The van der Waals surface area contributed by atoms with Crippen LogP contribution in [0, 0.1) is 23.4 Å². The molecule has 0 heterocycles. The van der Waals surface area contributed by atoms with Gasteiger partial charge in [0.25, 0.3) is 0 Å². The zero-order valence-electron chi connectivity index (χ0n) is 11.9. The van der Waals surface area contributed by atoms with E-state index in [9.17, 15) is 13.2 Å². The molecule has 1 nitrogen and oxygen atoms in total. The molecule has 1 aliphatic carbocycles. The van der Waals surface area contributed by atoms with Gasteiger partial charge in [0.15, 0.2) is 17.5 Å². The van der Waals surface area contributed by atoms with Gasteiger partial charge in [-0.05, 0) is 49.4 Å². The van der Waals surface area contributed by atoms with Gasteiger partial charge in [-0.3, -0.25) is 0 Å². The van der Waals surface area contributed by atoms with Gasteiger partial charge in [0.1, 0.15) is 0 Å². The summed E-state index contributed by atoms with van der Waals surface area (Å²) in [6.45, 7) is 3.70. The Balaban J connectivity index is 2.28. The number of halogens is 3. The SMILES string of the molecule is CCNCC1CCCCCC1c1ccc(F)c(F)c1F. The van der Waals surface area contributed by atoms with E-state index in [0.29, 0.717) is 5.56 Å². The molecule has 1 aromatic rings. The lowest BCUT2D eigenvalue weighted by atomic mass is 9.82. The van der Waals surface area contributed by atoms with E-state index in [0.717, 1.165) is 51.3 Å². The third-order valence-electron chi connectivity index (χ3n) is 4.28. The molecular formula is C16H22F3N. The van der Waals surface area contributed by atoms with Crippen molar-refractivity contribution >= 4 is 0 Å².